The average molecular weight is 344 g/mol. The van der Waals surface area contributed by atoms with E-state index in [1.807, 2.05) is 6.26 Å². The smallest absolute Gasteiger partial charge is 0.191 e. The molecule has 1 N–H and O–H groups in total. The van der Waals surface area contributed by atoms with Gasteiger partial charge in [-0.25, -0.2) is 9.97 Å². The molecular weight excluding hydrogens is 318 g/mol. The van der Waals surface area contributed by atoms with Crippen LogP contribution in [0, 0.1) is 13.8 Å². The van der Waals surface area contributed by atoms with Crippen molar-refractivity contribution in [1.29, 1.82) is 0 Å². The third-order valence-electron chi connectivity index (χ3n) is 4.35. The topological polar surface area (TPSA) is 44.3 Å². The van der Waals surface area contributed by atoms with E-state index in [1.54, 1.807) is 11.8 Å². The van der Waals surface area contributed by atoms with E-state index in [2.05, 4.69) is 65.3 Å². The Balaban J connectivity index is 1.86. The van der Waals surface area contributed by atoms with Gasteiger partial charge in [-0.3, -0.25) is 0 Å². The van der Waals surface area contributed by atoms with E-state index in [4.69, 9.17) is 4.98 Å². The molecule has 0 bridgehead atoms. The molecule has 0 spiro atoms. The van der Waals surface area contributed by atoms with Crippen molar-refractivity contribution in [1.82, 2.24) is 14.9 Å². The number of nitrogens with one attached hydrogen (secondary N) is 1. The molecule has 5 nitrogen and oxygen atoms in total. The van der Waals surface area contributed by atoms with Gasteiger partial charge in [0.15, 0.2) is 5.16 Å². The van der Waals surface area contributed by atoms with Crippen molar-refractivity contribution in [3.63, 3.8) is 0 Å². The molecular formula is C18H25N5S. The zero-order valence-electron chi connectivity index (χ0n) is 14.8. The summed E-state index contributed by atoms with van der Waals surface area (Å²) in [4.78, 5) is 14.0. The van der Waals surface area contributed by atoms with Crippen LogP contribution in [0.1, 0.15) is 11.1 Å². The Kier molecular flexibility index (Phi) is 5.26. The molecule has 0 aliphatic carbocycles. The van der Waals surface area contributed by atoms with Crippen molar-refractivity contribution in [2.45, 2.75) is 19.0 Å². The number of hydrogen-bond acceptors (Lipinski definition) is 6. The molecule has 24 heavy (non-hydrogen) atoms. The number of hydrogen-bond donors (Lipinski definition) is 1. The zero-order chi connectivity index (χ0) is 17.1. The molecule has 2 aromatic rings. The second-order valence-corrected chi connectivity index (χ2v) is 7.11. The molecule has 1 saturated heterocycles. The highest BCUT2D eigenvalue weighted by Crippen LogP contribution is 2.25. The normalized spacial score (nSPS) is 15.6. The fourth-order valence-electron chi connectivity index (χ4n) is 2.86. The lowest BCUT2D eigenvalue weighted by Crippen LogP contribution is -2.44. The van der Waals surface area contributed by atoms with Crippen molar-refractivity contribution in [2.75, 3.05) is 49.7 Å². The fraction of sp³-hybridized carbons (Fsp3) is 0.444. The summed E-state index contributed by atoms with van der Waals surface area (Å²) in [5.41, 5.74) is 3.58. The Morgan fingerprint density at radius 3 is 2.46 bits per heavy atom. The number of benzene rings is 1. The Morgan fingerprint density at radius 2 is 1.79 bits per heavy atom. The summed E-state index contributed by atoms with van der Waals surface area (Å²) >= 11 is 1.58. The molecule has 1 aliphatic heterocycles. The lowest BCUT2D eigenvalue weighted by atomic mass is 10.1. The first-order valence-corrected chi connectivity index (χ1v) is 9.48. The van der Waals surface area contributed by atoms with Crippen LogP contribution in [0.25, 0.3) is 0 Å². The molecule has 0 radical (unpaired) electrons. The minimum absolute atomic E-state index is 0.804. The molecule has 6 heteroatoms. The first-order valence-electron chi connectivity index (χ1n) is 8.26. The van der Waals surface area contributed by atoms with E-state index in [0.29, 0.717) is 0 Å². The number of aryl methyl sites for hydroxylation is 2. The second-order valence-electron chi connectivity index (χ2n) is 6.33. The molecule has 3 rings (SSSR count). The van der Waals surface area contributed by atoms with E-state index in [9.17, 15) is 0 Å². The standard InChI is InChI=1S/C18H25N5S/c1-13-5-6-15(14(2)11-13)19-16-12-17(21-18(20-16)24-4)23-9-7-22(3)8-10-23/h5-6,11-12H,7-10H2,1-4H3,(H,19,20,21). The Bertz CT molecular complexity index is 711. The van der Waals surface area contributed by atoms with E-state index in [-0.39, 0.29) is 0 Å². The summed E-state index contributed by atoms with van der Waals surface area (Å²) in [5.74, 6) is 1.87. The van der Waals surface area contributed by atoms with Gasteiger partial charge in [0.2, 0.25) is 0 Å². The van der Waals surface area contributed by atoms with Crippen LogP contribution >= 0.6 is 11.8 Å². The predicted molar refractivity (Wildman–Crippen MR) is 103 cm³/mol. The van der Waals surface area contributed by atoms with Gasteiger partial charge in [-0.15, -0.1) is 0 Å². The van der Waals surface area contributed by atoms with Crippen LogP contribution in [-0.4, -0.2) is 54.4 Å². The molecule has 1 fully saturated rings. The van der Waals surface area contributed by atoms with Gasteiger partial charge in [-0.1, -0.05) is 29.5 Å². The molecule has 0 amide bonds. The highest BCUT2D eigenvalue weighted by Gasteiger charge is 2.17. The fourth-order valence-corrected chi connectivity index (χ4v) is 3.23. The van der Waals surface area contributed by atoms with Crippen LogP contribution < -0.4 is 10.2 Å². The maximum Gasteiger partial charge on any atom is 0.191 e. The summed E-state index contributed by atoms with van der Waals surface area (Å²) in [6, 6.07) is 8.47. The Morgan fingerprint density at radius 1 is 1.04 bits per heavy atom. The third kappa shape index (κ3) is 3.99. The van der Waals surface area contributed by atoms with Gasteiger partial charge < -0.3 is 15.1 Å². The number of rotatable bonds is 4. The number of anilines is 3. The summed E-state index contributed by atoms with van der Waals surface area (Å²) in [6.07, 6.45) is 2.02. The van der Waals surface area contributed by atoms with Gasteiger partial charge in [-0.05, 0) is 38.8 Å². The summed E-state index contributed by atoms with van der Waals surface area (Å²) in [6.45, 7) is 8.37. The van der Waals surface area contributed by atoms with Crippen molar-refractivity contribution in [2.24, 2.45) is 0 Å². The molecule has 1 aromatic heterocycles. The van der Waals surface area contributed by atoms with Gasteiger partial charge >= 0.3 is 0 Å². The average Bonchev–Trinajstić information content (AvgIpc) is 2.58. The summed E-state index contributed by atoms with van der Waals surface area (Å²) in [5, 5.41) is 4.27. The molecule has 2 heterocycles. The van der Waals surface area contributed by atoms with E-state index < -0.39 is 0 Å². The quantitative estimate of drug-likeness (QED) is 0.679. The van der Waals surface area contributed by atoms with Crippen molar-refractivity contribution >= 4 is 29.1 Å². The monoisotopic (exact) mass is 343 g/mol. The van der Waals surface area contributed by atoms with Crippen molar-refractivity contribution < 1.29 is 0 Å². The number of aromatic nitrogens is 2. The van der Waals surface area contributed by atoms with E-state index >= 15 is 0 Å². The lowest BCUT2D eigenvalue weighted by Gasteiger charge is -2.33. The highest BCUT2D eigenvalue weighted by molar-refractivity contribution is 7.98. The Labute approximate surface area is 148 Å². The van der Waals surface area contributed by atoms with Gasteiger partial charge in [0, 0.05) is 37.9 Å². The van der Waals surface area contributed by atoms with Crippen LogP contribution in [0.4, 0.5) is 17.3 Å². The molecule has 0 saturated carbocycles. The lowest BCUT2D eigenvalue weighted by molar-refractivity contribution is 0.312. The minimum atomic E-state index is 0.804. The van der Waals surface area contributed by atoms with Crippen LogP contribution in [-0.2, 0) is 0 Å². The van der Waals surface area contributed by atoms with Crippen LogP contribution in [0.15, 0.2) is 29.4 Å². The summed E-state index contributed by atoms with van der Waals surface area (Å²) in [7, 11) is 2.16. The molecule has 1 aliphatic rings. The van der Waals surface area contributed by atoms with E-state index in [1.165, 1.54) is 11.1 Å². The SMILES string of the molecule is CSc1nc(Nc2ccc(C)cc2C)cc(N2CCN(C)CC2)n1. The number of nitrogens with zero attached hydrogens (tertiary/aromatic N) is 4. The second kappa shape index (κ2) is 7.40. The van der Waals surface area contributed by atoms with Gasteiger partial charge in [0.05, 0.1) is 0 Å². The maximum atomic E-state index is 4.70. The summed E-state index contributed by atoms with van der Waals surface area (Å²) < 4.78 is 0. The molecule has 128 valence electrons. The van der Waals surface area contributed by atoms with Gasteiger partial charge in [-0.2, -0.15) is 0 Å². The van der Waals surface area contributed by atoms with Crippen LogP contribution in [0.2, 0.25) is 0 Å². The van der Waals surface area contributed by atoms with Gasteiger partial charge in [0.1, 0.15) is 11.6 Å². The first-order chi connectivity index (χ1) is 11.5. The molecule has 1 aromatic carbocycles. The predicted octanol–water partition coefficient (Wildman–Crippen LogP) is 3.31. The number of thioether (sulfide) groups is 1. The first kappa shape index (κ1) is 17.0. The van der Waals surface area contributed by atoms with Crippen LogP contribution in [0.5, 0.6) is 0 Å². The minimum Gasteiger partial charge on any atom is -0.354 e. The largest absolute Gasteiger partial charge is 0.354 e. The van der Waals surface area contributed by atoms with Crippen molar-refractivity contribution in [3.05, 3.63) is 35.4 Å². The number of piperazine rings is 1. The molecule has 0 unspecified atom stereocenters. The van der Waals surface area contributed by atoms with Gasteiger partial charge in [0.25, 0.3) is 0 Å². The third-order valence-corrected chi connectivity index (χ3v) is 4.89. The highest BCUT2D eigenvalue weighted by atomic mass is 32.2. The molecule has 0 atom stereocenters. The van der Waals surface area contributed by atoms with Crippen LogP contribution in [0.3, 0.4) is 0 Å². The van der Waals surface area contributed by atoms with Crippen molar-refractivity contribution in [3.8, 4) is 0 Å². The zero-order valence-corrected chi connectivity index (χ0v) is 15.7. The maximum absolute atomic E-state index is 4.70. The van der Waals surface area contributed by atoms with E-state index in [0.717, 1.165) is 48.7 Å². The number of likely N-dealkylation sites (N-methyl/N-ethyl adjacent to an activating group) is 1. The Hall–Kier alpha value is -1.79.